The lowest BCUT2D eigenvalue weighted by Crippen LogP contribution is -2.19. The third kappa shape index (κ3) is 7.83. The summed E-state index contributed by atoms with van der Waals surface area (Å²) >= 11 is 0. The van der Waals surface area contributed by atoms with E-state index in [0.29, 0.717) is 22.6 Å². The average molecular weight is 453 g/mol. The first-order valence-electron chi connectivity index (χ1n) is 10.7. The minimum absolute atomic E-state index is 0.160. The maximum Gasteiger partial charge on any atom is 0.333 e. The number of carbonyl (C=O) groups is 2. The number of rotatable bonds is 12. The van der Waals surface area contributed by atoms with E-state index in [4.69, 9.17) is 18.9 Å². The van der Waals surface area contributed by atoms with E-state index in [-0.39, 0.29) is 31.8 Å². The number of ether oxygens (including phenoxy) is 4. The van der Waals surface area contributed by atoms with Gasteiger partial charge >= 0.3 is 11.9 Å². The molecule has 0 radical (unpaired) electrons. The minimum atomic E-state index is -0.422. The van der Waals surface area contributed by atoms with Crippen molar-refractivity contribution in [1.82, 2.24) is 0 Å². The van der Waals surface area contributed by atoms with E-state index in [1.807, 2.05) is 48.5 Å². The largest absolute Gasteiger partial charge is 0.490 e. The van der Waals surface area contributed by atoms with Crippen molar-refractivity contribution >= 4 is 11.9 Å². The fourth-order valence-electron chi connectivity index (χ4n) is 2.94. The maximum absolute atomic E-state index is 11.4. The molecule has 0 N–H and O–H groups in total. The lowest BCUT2D eigenvalue weighted by atomic mass is 9.78. The Morgan fingerprint density at radius 2 is 1.24 bits per heavy atom. The molecule has 0 aliphatic heterocycles. The van der Waals surface area contributed by atoms with Crippen LogP contribution in [0.1, 0.15) is 38.8 Å². The molecule has 176 valence electrons. The van der Waals surface area contributed by atoms with Crippen LogP contribution in [0.3, 0.4) is 0 Å². The second-order valence-electron chi connectivity index (χ2n) is 8.21. The Kier molecular flexibility index (Phi) is 9.28. The highest BCUT2D eigenvalue weighted by atomic mass is 16.6. The van der Waals surface area contributed by atoms with Crippen LogP contribution >= 0.6 is 0 Å². The van der Waals surface area contributed by atoms with E-state index in [2.05, 4.69) is 27.0 Å². The molecule has 0 unspecified atom stereocenters. The zero-order chi connectivity index (χ0) is 24.4. The third-order valence-corrected chi connectivity index (χ3v) is 5.00. The number of benzene rings is 2. The van der Waals surface area contributed by atoms with Crippen molar-refractivity contribution in [3.05, 3.63) is 84.0 Å². The molecule has 6 nitrogen and oxygen atoms in total. The third-order valence-electron chi connectivity index (χ3n) is 5.00. The van der Waals surface area contributed by atoms with Gasteiger partial charge in [0.15, 0.2) is 0 Å². The van der Waals surface area contributed by atoms with Gasteiger partial charge in [0.2, 0.25) is 0 Å². The molecule has 0 fully saturated rings. The molecule has 33 heavy (non-hydrogen) atoms. The van der Waals surface area contributed by atoms with Crippen molar-refractivity contribution in [3.8, 4) is 11.5 Å². The second-order valence-corrected chi connectivity index (χ2v) is 8.21. The van der Waals surface area contributed by atoms with Crippen LogP contribution in [0.2, 0.25) is 0 Å². The summed E-state index contributed by atoms with van der Waals surface area (Å²) in [6, 6.07) is 15.7. The van der Waals surface area contributed by atoms with Crippen molar-refractivity contribution in [3.63, 3.8) is 0 Å². The van der Waals surface area contributed by atoms with Gasteiger partial charge in [-0.3, -0.25) is 0 Å². The van der Waals surface area contributed by atoms with Crippen LogP contribution in [0.15, 0.2) is 72.8 Å². The molecular formula is C27H32O6. The molecule has 0 aromatic heterocycles. The van der Waals surface area contributed by atoms with Crippen LogP contribution < -0.4 is 9.47 Å². The zero-order valence-corrected chi connectivity index (χ0v) is 19.8. The van der Waals surface area contributed by atoms with Gasteiger partial charge in [-0.2, -0.15) is 0 Å². The van der Waals surface area contributed by atoms with Gasteiger partial charge < -0.3 is 18.9 Å². The van der Waals surface area contributed by atoms with Gasteiger partial charge in [0.1, 0.15) is 37.9 Å². The maximum atomic E-state index is 11.4. The molecular weight excluding hydrogens is 420 g/mol. The first kappa shape index (κ1) is 25.7. The lowest BCUT2D eigenvalue weighted by Gasteiger charge is -2.27. The fourth-order valence-corrected chi connectivity index (χ4v) is 2.94. The predicted molar refractivity (Wildman–Crippen MR) is 128 cm³/mol. The normalized spacial score (nSPS) is 10.8. The molecule has 2 aromatic carbocycles. The summed E-state index contributed by atoms with van der Waals surface area (Å²) in [5, 5.41) is 0. The Morgan fingerprint density at radius 3 is 1.76 bits per heavy atom. The number of carbonyl (C=O) groups excluding carboxylic acids is 2. The zero-order valence-electron chi connectivity index (χ0n) is 19.8. The smallest absolute Gasteiger partial charge is 0.333 e. The Bertz CT molecular complexity index is 988. The van der Waals surface area contributed by atoms with Crippen LogP contribution in [-0.4, -0.2) is 38.4 Å². The van der Waals surface area contributed by atoms with Crippen LogP contribution in [0.5, 0.6) is 11.5 Å². The Morgan fingerprint density at radius 1 is 0.727 bits per heavy atom. The molecule has 0 saturated carbocycles. The monoisotopic (exact) mass is 452 g/mol. The average Bonchev–Trinajstić information content (AvgIpc) is 2.79. The van der Waals surface area contributed by atoms with Gasteiger partial charge in [0, 0.05) is 16.6 Å². The van der Waals surface area contributed by atoms with E-state index in [1.54, 1.807) is 13.8 Å². The summed E-state index contributed by atoms with van der Waals surface area (Å²) in [5.41, 5.74) is 2.64. The summed E-state index contributed by atoms with van der Waals surface area (Å²) < 4.78 is 21.5. The van der Waals surface area contributed by atoms with E-state index >= 15 is 0 Å². The summed E-state index contributed by atoms with van der Waals surface area (Å²) in [4.78, 5) is 22.8. The number of hydrogen-bond donors (Lipinski definition) is 0. The Hall–Kier alpha value is -3.54. The van der Waals surface area contributed by atoms with Crippen LogP contribution in [0, 0.1) is 0 Å². The topological polar surface area (TPSA) is 71.1 Å². The molecule has 2 rings (SSSR count). The molecule has 0 heterocycles. The highest BCUT2D eigenvalue weighted by Gasteiger charge is 2.23. The SMILES string of the molecule is C=C(C)C(=O)OCCOc1ccc(C(C)(C)c2cccc(OCCOC(=O)C(=C)C)c2)cc1. The second kappa shape index (κ2) is 11.9. The molecule has 0 amide bonds. The van der Waals surface area contributed by atoms with Crippen LogP contribution in [0.4, 0.5) is 0 Å². The van der Waals surface area contributed by atoms with Gasteiger partial charge in [-0.15, -0.1) is 0 Å². The summed E-state index contributed by atoms with van der Waals surface area (Å²) in [7, 11) is 0. The van der Waals surface area contributed by atoms with Crippen molar-refractivity contribution in [1.29, 1.82) is 0 Å². The van der Waals surface area contributed by atoms with E-state index in [1.165, 1.54) is 0 Å². The van der Waals surface area contributed by atoms with Gasteiger partial charge in [-0.05, 0) is 49.2 Å². The molecule has 0 spiro atoms. The summed E-state index contributed by atoms with van der Waals surface area (Å²) in [6.07, 6.45) is 0. The predicted octanol–water partition coefficient (Wildman–Crippen LogP) is 5.01. The van der Waals surface area contributed by atoms with Crippen molar-refractivity contribution < 1.29 is 28.5 Å². The molecule has 0 aliphatic rings. The number of hydrogen-bond acceptors (Lipinski definition) is 6. The lowest BCUT2D eigenvalue weighted by molar-refractivity contribution is -0.140. The minimum Gasteiger partial charge on any atom is -0.490 e. The molecule has 2 aromatic rings. The van der Waals surface area contributed by atoms with Crippen molar-refractivity contribution in [2.45, 2.75) is 33.1 Å². The summed E-state index contributed by atoms with van der Waals surface area (Å²) in [6.45, 7) is 15.4. The molecule has 0 saturated heterocycles. The van der Waals surface area contributed by atoms with Gasteiger partial charge in [0.25, 0.3) is 0 Å². The molecule has 6 heteroatoms. The van der Waals surface area contributed by atoms with Gasteiger partial charge in [-0.1, -0.05) is 51.3 Å². The fraction of sp³-hybridized carbons (Fsp3) is 0.333. The molecule has 0 atom stereocenters. The van der Waals surface area contributed by atoms with Crippen LogP contribution in [0.25, 0.3) is 0 Å². The van der Waals surface area contributed by atoms with Crippen LogP contribution in [-0.2, 0) is 24.5 Å². The Balaban J connectivity index is 1.93. The molecule has 0 bridgehead atoms. The highest BCUT2D eigenvalue weighted by molar-refractivity contribution is 5.87. The first-order valence-corrected chi connectivity index (χ1v) is 10.7. The van der Waals surface area contributed by atoms with E-state index in [0.717, 1.165) is 11.1 Å². The highest BCUT2D eigenvalue weighted by Crippen LogP contribution is 2.34. The Labute approximate surface area is 195 Å². The van der Waals surface area contributed by atoms with Crippen molar-refractivity contribution in [2.75, 3.05) is 26.4 Å². The van der Waals surface area contributed by atoms with E-state index < -0.39 is 11.9 Å². The van der Waals surface area contributed by atoms with Crippen molar-refractivity contribution in [2.24, 2.45) is 0 Å². The number of esters is 2. The quantitative estimate of drug-likeness (QED) is 0.256. The van der Waals surface area contributed by atoms with E-state index in [9.17, 15) is 9.59 Å². The summed E-state index contributed by atoms with van der Waals surface area (Å²) in [5.74, 6) is 0.557. The van der Waals surface area contributed by atoms with Gasteiger partial charge in [0.05, 0.1) is 0 Å². The van der Waals surface area contributed by atoms with Gasteiger partial charge in [-0.25, -0.2) is 9.59 Å². The first-order chi connectivity index (χ1) is 15.6. The standard InChI is InChI=1S/C27H32O6/c1-19(2)25(28)32-16-14-30-23-12-10-21(11-13-23)27(5,6)22-8-7-9-24(18-22)31-15-17-33-26(29)20(3)4/h7-13,18H,1,3,14-17H2,2,4-6H3. The molecule has 0 aliphatic carbocycles.